The SMILES string of the molecule is CCC(CC)(CN)NC(=O)Cc1cc(F)ccc1F. The summed E-state index contributed by atoms with van der Waals surface area (Å²) in [6.45, 7) is 4.18. The van der Waals surface area contributed by atoms with Gasteiger partial charge in [0.1, 0.15) is 11.6 Å². The fourth-order valence-electron chi connectivity index (χ4n) is 1.96. The molecule has 5 heteroatoms. The molecule has 0 spiro atoms. The smallest absolute Gasteiger partial charge is 0.225 e. The van der Waals surface area contributed by atoms with Gasteiger partial charge in [-0.1, -0.05) is 13.8 Å². The summed E-state index contributed by atoms with van der Waals surface area (Å²) < 4.78 is 26.5. The van der Waals surface area contributed by atoms with Crippen LogP contribution < -0.4 is 11.1 Å². The van der Waals surface area contributed by atoms with Gasteiger partial charge in [0.15, 0.2) is 0 Å². The molecular weight excluding hydrogens is 250 g/mol. The van der Waals surface area contributed by atoms with E-state index >= 15 is 0 Å². The van der Waals surface area contributed by atoms with Gasteiger partial charge in [-0.15, -0.1) is 0 Å². The van der Waals surface area contributed by atoms with E-state index in [-0.39, 0.29) is 17.9 Å². The Morgan fingerprint density at radius 3 is 2.47 bits per heavy atom. The Morgan fingerprint density at radius 2 is 1.95 bits per heavy atom. The van der Waals surface area contributed by atoms with E-state index in [2.05, 4.69) is 5.32 Å². The number of hydrogen-bond donors (Lipinski definition) is 2. The Hall–Kier alpha value is -1.49. The lowest BCUT2D eigenvalue weighted by molar-refractivity contribution is -0.122. The number of carbonyl (C=O) groups excluding carboxylic acids is 1. The maximum atomic E-state index is 13.4. The Morgan fingerprint density at radius 1 is 1.32 bits per heavy atom. The minimum Gasteiger partial charge on any atom is -0.349 e. The number of amides is 1. The van der Waals surface area contributed by atoms with Gasteiger partial charge in [0, 0.05) is 12.1 Å². The van der Waals surface area contributed by atoms with Crippen LogP contribution in [0.1, 0.15) is 32.3 Å². The molecule has 3 nitrogen and oxygen atoms in total. The van der Waals surface area contributed by atoms with E-state index in [1.807, 2.05) is 13.8 Å². The minimum absolute atomic E-state index is 0.0515. The van der Waals surface area contributed by atoms with Gasteiger partial charge in [0.25, 0.3) is 0 Å². The first-order valence-electron chi connectivity index (χ1n) is 6.41. The molecule has 1 amide bonds. The third kappa shape index (κ3) is 3.99. The summed E-state index contributed by atoms with van der Waals surface area (Å²) in [5, 5.41) is 2.82. The van der Waals surface area contributed by atoms with Crippen LogP contribution in [0.25, 0.3) is 0 Å². The monoisotopic (exact) mass is 270 g/mol. The molecule has 106 valence electrons. The highest BCUT2D eigenvalue weighted by atomic mass is 19.1. The molecule has 1 aromatic rings. The summed E-state index contributed by atoms with van der Waals surface area (Å²) in [4.78, 5) is 11.9. The fourth-order valence-corrected chi connectivity index (χ4v) is 1.96. The Kier molecular flexibility index (Phi) is 5.42. The van der Waals surface area contributed by atoms with Crippen molar-refractivity contribution in [2.75, 3.05) is 6.54 Å². The number of nitrogens with two attached hydrogens (primary N) is 1. The van der Waals surface area contributed by atoms with Crippen molar-refractivity contribution in [3.63, 3.8) is 0 Å². The van der Waals surface area contributed by atoms with Crippen molar-refractivity contribution in [2.45, 2.75) is 38.6 Å². The van der Waals surface area contributed by atoms with Gasteiger partial charge in [0.2, 0.25) is 5.91 Å². The van der Waals surface area contributed by atoms with Crippen molar-refractivity contribution in [1.82, 2.24) is 5.32 Å². The lowest BCUT2D eigenvalue weighted by Gasteiger charge is -2.31. The van der Waals surface area contributed by atoms with Gasteiger partial charge >= 0.3 is 0 Å². The van der Waals surface area contributed by atoms with Crippen LogP contribution in [0.15, 0.2) is 18.2 Å². The second kappa shape index (κ2) is 6.61. The van der Waals surface area contributed by atoms with Crippen LogP contribution in [0.4, 0.5) is 8.78 Å². The number of benzene rings is 1. The Balaban J connectivity index is 2.77. The molecule has 0 aromatic heterocycles. The topological polar surface area (TPSA) is 55.1 Å². The molecule has 0 saturated carbocycles. The number of carbonyl (C=O) groups is 1. The standard InChI is InChI=1S/C14H20F2N2O/c1-3-14(4-2,9-17)18-13(19)8-10-7-11(15)5-6-12(10)16/h5-7H,3-4,8-9,17H2,1-2H3,(H,18,19). The first-order valence-corrected chi connectivity index (χ1v) is 6.41. The number of hydrogen-bond acceptors (Lipinski definition) is 2. The first kappa shape index (κ1) is 15.6. The predicted octanol–water partition coefficient (Wildman–Crippen LogP) is 2.14. The van der Waals surface area contributed by atoms with Crippen LogP contribution in [0.3, 0.4) is 0 Å². The third-order valence-electron chi connectivity index (χ3n) is 3.51. The maximum Gasteiger partial charge on any atom is 0.225 e. The molecule has 0 fully saturated rings. The number of halogens is 2. The largest absolute Gasteiger partial charge is 0.349 e. The highest BCUT2D eigenvalue weighted by Gasteiger charge is 2.26. The molecule has 0 radical (unpaired) electrons. The Labute approximate surface area is 112 Å². The molecule has 19 heavy (non-hydrogen) atoms. The molecule has 0 aliphatic rings. The molecule has 0 aliphatic heterocycles. The van der Waals surface area contributed by atoms with Gasteiger partial charge in [-0.3, -0.25) is 4.79 Å². The molecular formula is C14H20F2N2O. The van der Waals surface area contributed by atoms with Crippen LogP contribution >= 0.6 is 0 Å². The van der Waals surface area contributed by atoms with Gasteiger partial charge in [-0.25, -0.2) is 8.78 Å². The lowest BCUT2D eigenvalue weighted by Crippen LogP contribution is -2.53. The molecule has 0 heterocycles. The van der Waals surface area contributed by atoms with E-state index in [1.165, 1.54) is 0 Å². The molecule has 0 unspecified atom stereocenters. The highest BCUT2D eigenvalue weighted by Crippen LogP contribution is 2.15. The van der Waals surface area contributed by atoms with Crippen molar-refractivity contribution < 1.29 is 13.6 Å². The van der Waals surface area contributed by atoms with Crippen LogP contribution in [-0.4, -0.2) is 18.0 Å². The van der Waals surface area contributed by atoms with E-state index in [1.54, 1.807) is 0 Å². The van der Waals surface area contributed by atoms with Crippen molar-refractivity contribution in [1.29, 1.82) is 0 Å². The number of nitrogens with one attached hydrogen (secondary N) is 1. The number of rotatable bonds is 6. The van der Waals surface area contributed by atoms with Crippen LogP contribution in [0.2, 0.25) is 0 Å². The van der Waals surface area contributed by atoms with Crippen LogP contribution in [0.5, 0.6) is 0 Å². The summed E-state index contributed by atoms with van der Waals surface area (Å²) in [7, 11) is 0. The molecule has 3 N–H and O–H groups in total. The average molecular weight is 270 g/mol. The zero-order valence-corrected chi connectivity index (χ0v) is 11.3. The minimum atomic E-state index is -0.581. The van der Waals surface area contributed by atoms with E-state index in [0.717, 1.165) is 18.2 Å². The van der Waals surface area contributed by atoms with E-state index in [9.17, 15) is 13.6 Å². The lowest BCUT2D eigenvalue weighted by atomic mass is 9.92. The van der Waals surface area contributed by atoms with Crippen molar-refractivity contribution in [2.24, 2.45) is 5.73 Å². The second-order valence-corrected chi connectivity index (χ2v) is 4.65. The third-order valence-corrected chi connectivity index (χ3v) is 3.51. The quantitative estimate of drug-likeness (QED) is 0.832. The summed E-state index contributed by atoms with van der Waals surface area (Å²) in [6.07, 6.45) is 1.19. The average Bonchev–Trinajstić information content (AvgIpc) is 2.40. The van der Waals surface area contributed by atoms with Gasteiger partial charge in [0.05, 0.1) is 12.0 Å². The first-order chi connectivity index (χ1) is 8.96. The van der Waals surface area contributed by atoms with Crippen molar-refractivity contribution in [3.8, 4) is 0 Å². The zero-order valence-electron chi connectivity index (χ0n) is 11.3. The Bertz CT molecular complexity index is 437. The van der Waals surface area contributed by atoms with Crippen molar-refractivity contribution >= 4 is 5.91 Å². The van der Waals surface area contributed by atoms with E-state index < -0.39 is 17.2 Å². The molecule has 0 bridgehead atoms. The van der Waals surface area contributed by atoms with Gasteiger partial charge in [-0.2, -0.15) is 0 Å². The van der Waals surface area contributed by atoms with Gasteiger partial charge in [-0.05, 0) is 31.0 Å². The molecule has 0 saturated heterocycles. The summed E-state index contributed by atoms with van der Waals surface area (Å²) in [5.41, 5.74) is 5.26. The van der Waals surface area contributed by atoms with Crippen molar-refractivity contribution in [3.05, 3.63) is 35.4 Å². The molecule has 0 aliphatic carbocycles. The summed E-state index contributed by atoms with van der Waals surface area (Å²) >= 11 is 0. The second-order valence-electron chi connectivity index (χ2n) is 4.65. The highest BCUT2D eigenvalue weighted by molar-refractivity contribution is 5.79. The van der Waals surface area contributed by atoms with Crippen LogP contribution in [0, 0.1) is 11.6 Å². The normalized spacial score (nSPS) is 11.4. The van der Waals surface area contributed by atoms with E-state index in [0.29, 0.717) is 19.4 Å². The zero-order chi connectivity index (χ0) is 14.5. The maximum absolute atomic E-state index is 13.4. The molecule has 0 atom stereocenters. The predicted molar refractivity (Wildman–Crippen MR) is 70.6 cm³/mol. The summed E-state index contributed by atoms with van der Waals surface area (Å²) in [6, 6.07) is 3.09. The van der Waals surface area contributed by atoms with Crippen LogP contribution in [-0.2, 0) is 11.2 Å². The summed E-state index contributed by atoms with van der Waals surface area (Å²) in [5.74, 6) is -1.48. The molecule has 1 rings (SSSR count). The molecule has 1 aromatic carbocycles. The van der Waals surface area contributed by atoms with Gasteiger partial charge < -0.3 is 11.1 Å². The fraction of sp³-hybridized carbons (Fsp3) is 0.500. The van der Waals surface area contributed by atoms with E-state index in [4.69, 9.17) is 5.73 Å².